The van der Waals surface area contributed by atoms with Crippen molar-refractivity contribution in [3.05, 3.63) is 46.7 Å². The van der Waals surface area contributed by atoms with Crippen LogP contribution in [0.15, 0.2) is 41.6 Å². The van der Waals surface area contributed by atoms with Gasteiger partial charge in [-0.15, -0.1) is 0 Å². The molecular formula is C12H10Cl2N2O3S. The first-order valence-corrected chi connectivity index (χ1v) is 7.64. The van der Waals surface area contributed by atoms with Crippen LogP contribution < -0.4 is 9.46 Å². The van der Waals surface area contributed by atoms with Gasteiger partial charge in [-0.25, -0.2) is 8.42 Å². The molecule has 2 aromatic rings. The Morgan fingerprint density at radius 2 is 2.00 bits per heavy atom. The Morgan fingerprint density at radius 3 is 2.60 bits per heavy atom. The fourth-order valence-electron chi connectivity index (χ4n) is 1.51. The van der Waals surface area contributed by atoms with E-state index >= 15 is 0 Å². The van der Waals surface area contributed by atoms with Crippen molar-refractivity contribution in [2.24, 2.45) is 0 Å². The van der Waals surface area contributed by atoms with Crippen molar-refractivity contribution in [3.63, 3.8) is 0 Å². The van der Waals surface area contributed by atoms with Crippen LogP contribution in [0, 0.1) is 0 Å². The Labute approximate surface area is 126 Å². The van der Waals surface area contributed by atoms with Crippen molar-refractivity contribution >= 4 is 38.9 Å². The first kappa shape index (κ1) is 14.9. The summed E-state index contributed by atoms with van der Waals surface area (Å²) in [5.41, 5.74) is 0.331. The average molecular weight is 333 g/mol. The summed E-state index contributed by atoms with van der Waals surface area (Å²) in [6.07, 6.45) is 2.93. The summed E-state index contributed by atoms with van der Waals surface area (Å²) in [6, 6.07) is 5.77. The quantitative estimate of drug-likeness (QED) is 0.933. The number of rotatable bonds is 4. The summed E-state index contributed by atoms with van der Waals surface area (Å²) >= 11 is 11.8. The van der Waals surface area contributed by atoms with Gasteiger partial charge in [0.2, 0.25) is 0 Å². The SMILES string of the molecule is COc1cc(S(=O)(=O)Nc2cccnc2)c(Cl)cc1Cl. The van der Waals surface area contributed by atoms with Gasteiger partial charge in [-0.2, -0.15) is 0 Å². The maximum absolute atomic E-state index is 12.3. The molecule has 0 unspecified atom stereocenters. The zero-order valence-corrected chi connectivity index (χ0v) is 12.6. The topological polar surface area (TPSA) is 68.3 Å². The predicted molar refractivity (Wildman–Crippen MR) is 78.1 cm³/mol. The van der Waals surface area contributed by atoms with Gasteiger partial charge in [0, 0.05) is 12.3 Å². The Balaban J connectivity index is 2.44. The minimum absolute atomic E-state index is 0.00666. The first-order valence-electron chi connectivity index (χ1n) is 5.40. The second-order valence-electron chi connectivity index (χ2n) is 3.76. The fraction of sp³-hybridized carbons (Fsp3) is 0.0833. The van der Waals surface area contributed by atoms with Gasteiger partial charge in [-0.3, -0.25) is 9.71 Å². The number of hydrogen-bond donors (Lipinski definition) is 1. The summed E-state index contributed by atoms with van der Waals surface area (Å²) < 4.78 is 31.9. The molecule has 0 aliphatic heterocycles. The lowest BCUT2D eigenvalue weighted by Crippen LogP contribution is -2.13. The molecule has 0 saturated heterocycles. The maximum atomic E-state index is 12.3. The second kappa shape index (κ2) is 5.87. The molecule has 0 radical (unpaired) electrons. The molecular weight excluding hydrogens is 323 g/mol. The average Bonchev–Trinajstić information content (AvgIpc) is 2.39. The van der Waals surface area contributed by atoms with E-state index in [1.807, 2.05) is 0 Å². The molecule has 1 heterocycles. The minimum Gasteiger partial charge on any atom is -0.495 e. The lowest BCUT2D eigenvalue weighted by molar-refractivity contribution is 0.413. The molecule has 0 amide bonds. The normalized spacial score (nSPS) is 11.2. The van der Waals surface area contributed by atoms with Gasteiger partial charge < -0.3 is 4.74 Å². The molecule has 1 aromatic heterocycles. The van der Waals surface area contributed by atoms with E-state index in [-0.39, 0.29) is 20.7 Å². The van der Waals surface area contributed by atoms with Crippen LogP contribution in [0.4, 0.5) is 5.69 Å². The molecule has 0 atom stereocenters. The fourth-order valence-corrected chi connectivity index (χ4v) is 3.39. The third-order valence-corrected chi connectivity index (χ3v) is 4.55. The largest absolute Gasteiger partial charge is 0.495 e. The zero-order valence-electron chi connectivity index (χ0n) is 10.3. The number of pyridine rings is 1. The maximum Gasteiger partial charge on any atom is 0.263 e. The van der Waals surface area contributed by atoms with Gasteiger partial charge in [-0.05, 0) is 18.2 Å². The van der Waals surface area contributed by atoms with Crippen LogP contribution in [-0.4, -0.2) is 20.5 Å². The first-order chi connectivity index (χ1) is 9.44. The molecule has 8 heteroatoms. The van der Waals surface area contributed by atoms with Gasteiger partial charge >= 0.3 is 0 Å². The Kier molecular flexibility index (Phi) is 4.37. The number of nitrogens with zero attached hydrogens (tertiary/aromatic N) is 1. The van der Waals surface area contributed by atoms with Crippen molar-refractivity contribution in [1.82, 2.24) is 4.98 Å². The number of ether oxygens (including phenoxy) is 1. The van der Waals surface area contributed by atoms with Crippen molar-refractivity contribution < 1.29 is 13.2 Å². The van der Waals surface area contributed by atoms with Crippen LogP contribution in [0.2, 0.25) is 10.0 Å². The van der Waals surface area contributed by atoms with Gasteiger partial charge in [0.05, 0.1) is 29.0 Å². The smallest absolute Gasteiger partial charge is 0.263 e. The van der Waals surface area contributed by atoms with E-state index in [4.69, 9.17) is 27.9 Å². The number of methoxy groups -OCH3 is 1. The molecule has 0 bridgehead atoms. The molecule has 0 fully saturated rings. The highest BCUT2D eigenvalue weighted by molar-refractivity contribution is 7.92. The van der Waals surface area contributed by atoms with Crippen molar-refractivity contribution in [2.45, 2.75) is 4.90 Å². The molecule has 1 aromatic carbocycles. The van der Waals surface area contributed by atoms with Crippen LogP contribution in [0.5, 0.6) is 5.75 Å². The molecule has 2 rings (SSSR count). The van der Waals surface area contributed by atoms with E-state index in [0.717, 1.165) is 0 Å². The van der Waals surface area contributed by atoms with Gasteiger partial charge in [0.1, 0.15) is 10.6 Å². The lowest BCUT2D eigenvalue weighted by atomic mass is 10.3. The van der Waals surface area contributed by atoms with Crippen molar-refractivity contribution in [2.75, 3.05) is 11.8 Å². The van der Waals surface area contributed by atoms with Crippen LogP contribution in [0.3, 0.4) is 0 Å². The lowest BCUT2D eigenvalue weighted by Gasteiger charge is -2.11. The van der Waals surface area contributed by atoms with Gasteiger partial charge in [-0.1, -0.05) is 23.2 Å². The molecule has 0 aliphatic rings. The summed E-state index contributed by atoms with van der Waals surface area (Å²) in [5.74, 6) is 0.225. The molecule has 0 aliphatic carbocycles. The standard InChI is InChI=1S/C12H10Cl2N2O3S/c1-19-11-6-12(10(14)5-9(11)13)20(17,18)16-8-3-2-4-15-7-8/h2-7,16H,1H3. The Hall–Kier alpha value is -1.50. The van der Waals surface area contributed by atoms with E-state index in [1.54, 1.807) is 12.1 Å². The third-order valence-electron chi connectivity index (χ3n) is 2.41. The highest BCUT2D eigenvalue weighted by atomic mass is 35.5. The van der Waals surface area contributed by atoms with Crippen LogP contribution in [0.1, 0.15) is 0 Å². The highest BCUT2D eigenvalue weighted by Crippen LogP contribution is 2.34. The van der Waals surface area contributed by atoms with Gasteiger partial charge in [0.25, 0.3) is 10.0 Å². The number of sulfonamides is 1. The number of halogens is 2. The molecule has 5 nitrogen and oxygen atoms in total. The summed E-state index contributed by atoms with van der Waals surface area (Å²) in [5, 5.41) is 0.241. The summed E-state index contributed by atoms with van der Waals surface area (Å²) in [7, 11) is -2.46. The second-order valence-corrected chi connectivity index (χ2v) is 6.23. The zero-order chi connectivity index (χ0) is 14.8. The van der Waals surface area contributed by atoms with E-state index in [2.05, 4.69) is 9.71 Å². The van der Waals surface area contributed by atoms with Crippen LogP contribution >= 0.6 is 23.2 Å². The predicted octanol–water partition coefficient (Wildman–Crippen LogP) is 3.20. The van der Waals surface area contributed by atoms with Crippen LogP contribution in [-0.2, 0) is 10.0 Å². The summed E-state index contributed by atoms with van der Waals surface area (Å²) in [4.78, 5) is 3.71. The third kappa shape index (κ3) is 3.15. The van der Waals surface area contributed by atoms with Crippen molar-refractivity contribution in [1.29, 1.82) is 0 Å². The van der Waals surface area contributed by atoms with Crippen molar-refractivity contribution in [3.8, 4) is 5.75 Å². The van der Waals surface area contributed by atoms with E-state index < -0.39 is 10.0 Å². The number of benzene rings is 1. The Morgan fingerprint density at radius 1 is 1.25 bits per heavy atom. The molecule has 0 spiro atoms. The molecule has 1 N–H and O–H groups in total. The Bertz CT molecular complexity index is 721. The monoisotopic (exact) mass is 332 g/mol. The molecule has 20 heavy (non-hydrogen) atoms. The number of hydrogen-bond acceptors (Lipinski definition) is 4. The highest BCUT2D eigenvalue weighted by Gasteiger charge is 2.20. The summed E-state index contributed by atoms with van der Waals surface area (Å²) in [6.45, 7) is 0. The van der Waals surface area contributed by atoms with E-state index in [0.29, 0.717) is 5.69 Å². The number of aromatic nitrogens is 1. The van der Waals surface area contributed by atoms with E-state index in [1.165, 1.54) is 31.6 Å². The van der Waals surface area contributed by atoms with Gasteiger partial charge in [0.15, 0.2) is 0 Å². The minimum atomic E-state index is -3.85. The van der Waals surface area contributed by atoms with Crippen LogP contribution in [0.25, 0.3) is 0 Å². The molecule has 106 valence electrons. The molecule has 0 saturated carbocycles. The number of anilines is 1. The number of nitrogens with one attached hydrogen (secondary N) is 1. The van der Waals surface area contributed by atoms with E-state index in [9.17, 15) is 8.42 Å².